The summed E-state index contributed by atoms with van der Waals surface area (Å²) in [4.78, 5) is 11.3. The first-order chi connectivity index (χ1) is 11.2. The number of hydrogen-bond donors (Lipinski definition) is 1. The first-order valence-corrected chi connectivity index (χ1v) is 7.52. The minimum absolute atomic E-state index is 0.0353. The van der Waals surface area contributed by atoms with E-state index in [4.69, 9.17) is 19.9 Å². The number of benzene rings is 2. The van der Waals surface area contributed by atoms with Crippen molar-refractivity contribution >= 4 is 5.91 Å². The lowest BCUT2D eigenvalue weighted by Crippen LogP contribution is -2.29. The number of ether oxygens (including phenoxy) is 3. The monoisotopic (exact) mass is 313 g/mol. The number of rotatable bonds is 5. The Labute approximate surface area is 135 Å². The lowest BCUT2D eigenvalue weighted by Gasteiger charge is -2.26. The van der Waals surface area contributed by atoms with Crippen molar-refractivity contribution in [3.05, 3.63) is 53.6 Å². The van der Waals surface area contributed by atoms with Crippen LogP contribution in [-0.2, 0) is 6.42 Å². The highest BCUT2D eigenvalue weighted by atomic mass is 16.6. The van der Waals surface area contributed by atoms with Gasteiger partial charge in [-0.2, -0.15) is 0 Å². The van der Waals surface area contributed by atoms with Gasteiger partial charge in [0.05, 0.1) is 7.11 Å². The molecule has 2 aromatic rings. The van der Waals surface area contributed by atoms with Crippen LogP contribution in [0.1, 0.15) is 22.3 Å². The third kappa shape index (κ3) is 3.39. The number of carbonyl (C=O) groups excluding carboxylic acids is 1. The molecule has 0 radical (unpaired) electrons. The normalized spacial score (nSPS) is 16.0. The number of hydrogen-bond acceptors (Lipinski definition) is 4. The molecular formula is C18H19NO4. The summed E-state index contributed by atoms with van der Waals surface area (Å²) >= 11 is 0. The van der Waals surface area contributed by atoms with Crippen LogP contribution in [0.5, 0.6) is 17.2 Å². The third-order valence-electron chi connectivity index (χ3n) is 3.87. The lowest BCUT2D eigenvalue weighted by molar-refractivity contribution is 0.0850. The maximum atomic E-state index is 11.3. The molecule has 2 N–H and O–H groups in total. The molecule has 0 saturated heterocycles. The Hall–Kier alpha value is -2.69. The average Bonchev–Trinajstić information content (AvgIpc) is 2.59. The fourth-order valence-electron chi connectivity index (χ4n) is 2.65. The molecule has 3 rings (SSSR count). The molecule has 0 aromatic heterocycles. The van der Waals surface area contributed by atoms with Crippen LogP contribution >= 0.6 is 0 Å². The molecule has 0 fully saturated rings. The Morgan fingerprint density at radius 3 is 2.78 bits per heavy atom. The summed E-state index contributed by atoms with van der Waals surface area (Å²) < 4.78 is 17.0. The van der Waals surface area contributed by atoms with E-state index in [1.54, 1.807) is 25.3 Å². The zero-order valence-electron chi connectivity index (χ0n) is 13.0. The van der Waals surface area contributed by atoms with E-state index in [1.807, 2.05) is 24.3 Å². The Bertz CT molecular complexity index is 714. The summed E-state index contributed by atoms with van der Waals surface area (Å²) in [5, 5.41) is 0. The van der Waals surface area contributed by atoms with Gasteiger partial charge in [0.15, 0.2) is 11.5 Å². The molecule has 0 spiro atoms. The van der Waals surface area contributed by atoms with Gasteiger partial charge in [0, 0.05) is 5.56 Å². The van der Waals surface area contributed by atoms with Gasteiger partial charge >= 0.3 is 0 Å². The summed E-state index contributed by atoms with van der Waals surface area (Å²) in [6.07, 6.45) is 1.43. The number of primary amides is 1. The summed E-state index contributed by atoms with van der Waals surface area (Å²) in [5.41, 5.74) is 6.76. The van der Waals surface area contributed by atoms with Crippen LogP contribution in [0.15, 0.2) is 42.5 Å². The molecule has 1 aliphatic rings. The van der Waals surface area contributed by atoms with Gasteiger partial charge in [-0.1, -0.05) is 12.1 Å². The van der Waals surface area contributed by atoms with E-state index in [9.17, 15) is 4.79 Å². The van der Waals surface area contributed by atoms with E-state index in [1.165, 1.54) is 0 Å². The third-order valence-corrected chi connectivity index (χ3v) is 3.87. The average molecular weight is 313 g/mol. The van der Waals surface area contributed by atoms with Gasteiger partial charge in [-0.15, -0.1) is 0 Å². The van der Waals surface area contributed by atoms with Crippen LogP contribution in [0.25, 0.3) is 0 Å². The molecule has 0 saturated carbocycles. The molecule has 2 aromatic carbocycles. The van der Waals surface area contributed by atoms with Crippen molar-refractivity contribution < 1.29 is 19.0 Å². The molecule has 1 heterocycles. The second-order valence-corrected chi connectivity index (χ2v) is 5.43. The first-order valence-electron chi connectivity index (χ1n) is 7.52. The van der Waals surface area contributed by atoms with E-state index < -0.39 is 5.91 Å². The van der Waals surface area contributed by atoms with Crippen LogP contribution in [0.2, 0.25) is 0 Å². The highest BCUT2D eigenvalue weighted by Crippen LogP contribution is 2.32. The minimum atomic E-state index is -0.444. The van der Waals surface area contributed by atoms with Crippen molar-refractivity contribution in [2.75, 3.05) is 13.7 Å². The lowest BCUT2D eigenvalue weighted by atomic mass is 10.0. The Kier molecular flexibility index (Phi) is 4.37. The minimum Gasteiger partial charge on any atom is -0.496 e. The highest BCUT2D eigenvalue weighted by Gasteiger charge is 2.21. The standard InChI is InChI=1S/C18H19NO4/c1-21-15-9-7-13(18(19)20)10-12(15)6-8-14-11-22-16-4-2-3-5-17(16)23-14/h2-5,7,9-10,14H,6,8,11H2,1H3,(H2,19,20)/t14-/m1/s1. The van der Waals surface area contributed by atoms with Crippen LogP contribution in [0.4, 0.5) is 0 Å². The number of methoxy groups -OCH3 is 1. The molecular weight excluding hydrogens is 294 g/mol. The highest BCUT2D eigenvalue weighted by molar-refractivity contribution is 5.93. The van der Waals surface area contributed by atoms with Crippen molar-refractivity contribution in [2.45, 2.75) is 18.9 Å². The molecule has 0 bridgehead atoms. The molecule has 1 amide bonds. The SMILES string of the molecule is COc1ccc(C(N)=O)cc1CC[C@@H]1COc2ccccc2O1. The van der Waals surface area contributed by atoms with Gasteiger partial charge in [0.1, 0.15) is 18.5 Å². The van der Waals surface area contributed by atoms with Crippen molar-refractivity contribution in [3.63, 3.8) is 0 Å². The van der Waals surface area contributed by atoms with Gasteiger partial charge in [-0.25, -0.2) is 0 Å². The van der Waals surface area contributed by atoms with Crippen LogP contribution in [0, 0.1) is 0 Å². The van der Waals surface area contributed by atoms with Crippen molar-refractivity contribution in [1.82, 2.24) is 0 Å². The van der Waals surface area contributed by atoms with Crippen LogP contribution < -0.4 is 19.9 Å². The largest absolute Gasteiger partial charge is 0.496 e. The van der Waals surface area contributed by atoms with E-state index in [2.05, 4.69) is 0 Å². The van der Waals surface area contributed by atoms with Crippen LogP contribution in [-0.4, -0.2) is 25.7 Å². The summed E-state index contributed by atoms with van der Waals surface area (Å²) in [5.74, 6) is 1.84. The number of para-hydroxylation sites is 2. The molecule has 0 aliphatic carbocycles. The predicted octanol–water partition coefficient (Wildman–Crippen LogP) is 2.57. The maximum absolute atomic E-state index is 11.3. The Balaban J connectivity index is 1.69. The summed E-state index contributed by atoms with van der Waals surface area (Å²) in [6.45, 7) is 0.509. The second kappa shape index (κ2) is 6.60. The van der Waals surface area contributed by atoms with Gasteiger partial charge in [0.25, 0.3) is 0 Å². The molecule has 1 aliphatic heterocycles. The zero-order valence-corrected chi connectivity index (χ0v) is 13.0. The number of fused-ring (bicyclic) bond motifs is 1. The van der Waals surface area contributed by atoms with Gasteiger partial charge in [0.2, 0.25) is 5.91 Å². The fraction of sp³-hybridized carbons (Fsp3) is 0.278. The van der Waals surface area contributed by atoms with Gasteiger partial charge < -0.3 is 19.9 Å². The van der Waals surface area contributed by atoms with E-state index in [-0.39, 0.29) is 6.10 Å². The maximum Gasteiger partial charge on any atom is 0.248 e. The van der Waals surface area contributed by atoms with Crippen molar-refractivity contribution in [1.29, 1.82) is 0 Å². The van der Waals surface area contributed by atoms with Gasteiger partial charge in [-0.3, -0.25) is 4.79 Å². The Morgan fingerprint density at radius 1 is 1.26 bits per heavy atom. The molecule has 1 atom stereocenters. The topological polar surface area (TPSA) is 70.8 Å². The quantitative estimate of drug-likeness (QED) is 0.921. The molecule has 5 nitrogen and oxygen atoms in total. The smallest absolute Gasteiger partial charge is 0.248 e. The zero-order chi connectivity index (χ0) is 16.2. The van der Waals surface area contributed by atoms with E-state index in [0.717, 1.165) is 29.2 Å². The number of aryl methyl sites for hydroxylation is 1. The van der Waals surface area contributed by atoms with Crippen molar-refractivity contribution in [3.8, 4) is 17.2 Å². The fourth-order valence-corrected chi connectivity index (χ4v) is 2.65. The van der Waals surface area contributed by atoms with E-state index >= 15 is 0 Å². The molecule has 0 unspecified atom stereocenters. The number of amides is 1. The molecule has 5 heteroatoms. The molecule has 23 heavy (non-hydrogen) atoms. The van der Waals surface area contributed by atoms with Crippen molar-refractivity contribution in [2.24, 2.45) is 5.73 Å². The Morgan fingerprint density at radius 2 is 2.04 bits per heavy atom. The van der Waals surface area contributed by atoms with E-state index in [0.29, 0.717) is 18.6 Å². The number of nitrogens with two attached hydrogens (primary N) is 1. The summed E-state index contributed by atoms with van der Waals surface area (Å²) in [6, 6.07) is 12.8. The van der Waals surface area contributed by atoms with Gasteiger partial charge in [-0.05, 0) is 48.7 Å². The first kappa shape index (κ1) is 15.2. The predicted molar refractivity (Wildman–Crippen MR) is 86.2 cm³/mol. The number of carbonyl (C=O) groups is 1. The molecule has 120 valence electrons. The second-order valence-electron chi connectivity index (χ2n) is 5.43. The summed E-state index contributed by atoms with van der Waals surface area (Å²) in [7, 11) is 1.61. The van der Waals surface area contributed by atoms with Crippen LogP contribution in [0.3, 0.4) is 0 Å².